The van der Waals surface area contributed by atoms with Crippen molar-refractivity contribution in [2.75, 3.05) is 11.1 Å². The van der Waals surface area contributed by atoms with Crippen LogP contribution in [0.4, 0.5) is 5.13 Å². The van der Waals surface area contributed by atoms with E-state index in [1.807, 2.05) is 5.38 Å². The van der Waals surface area contributed by atoms with Gasteiger partial charge < -0.3 is 5.32 Å². The molecule has 0 fully saturated rings. The largest absolute Gasteiger partial charge is 0.301 e. The minimum atomic E-state index is -3.42. The number of benzene rings is 1. The van der Waals surface area contributed by atoms with Crippen molar-refractivity contribution in [3.8, 4) is 11.3 Å². The summed E-state index contributed by atoms with van der Waals surface area (Å²) < 4.78 is 24.1. The first-order chi connectivity index (χ1) is 12.4. The maximum absolute atomic E-state index is 12.2. The van der Waals surface area contributed by atoms with Crippen LogP contribution in [0.2, 0.25) is 0 Å². The molecule has 1 heterocycles. The molecule has 0 bridgehead atoms. The average molecular weight is 393 g/mol. The number of thiazole rings is 1. The summed E-state index contributed by atoms with van der Waals surface area (Å²) in [5, 5.41) is 3.90. The van der Waals surface area contributed by atoms with Gasteiger partial charge in [-0.25, -0.2) is 13.4 Å². The average Bonchev–Trinajstić information content (AvgIpc) is 3.09. The van der Waals surface area contributed by atoms with Crippen molar-refractivity contribution in [3.63, 3.8) is 0 Å². The minimum absolute atomic E-state index is 0.0137. The summed E-state index contributed by atoms with van der Waals surface area (Å²) in [6.45, 7) is 3.21. The van der Waals surface area contributed by atoms with Crippen LogP contribution in [0.15, 0.2) is 23.6 Å². The van der Waals surface area contributed by atoms with Crippen LogP contribution in [0.3, 0.4) is 0 Å². The lowest BCUT2D eigenvalue weighted by Crippen LogP contribution is -2.34. The van der Waals surface area contributed by atoms with Crippen LogP contribution in [0, 0.1) is 0 Å². The van der Waals surface area contributed by atoms with Gasteiger partial charge >= 0.3 is 0 Å². The van der Waals surface area contributed by atoms with Crippen LogP contribution in [0.1, 0.15) is 44.2 Å². The highest BCUT2D eigenvalue weighted by atomic mass is 32.2. The van der Waals surface area contributed by atoms with Gasteiger partial charge in [0.2, 0.25) is 5.91 Å². The van der Waals surface area contributed by atoms with Crippen LogP contribution >= 0.6 is 11.3 Å². The van der Waals surface area contributed by atoms with Crippen LogP contribution in [0.5, 0.6) is 0 Å². The lowest BCUT2D eigenvalue weighted by molar-refractivity contribution is -0.115. The molecule has 1 N–H and O–H groups in total. The number of aryl methyl sites for hydroxylation is 2. The SMILES string of the molecule is CCCS(=O)(=O)C(C)C(=O)Nc1nc(-c2ccc3c(c2)CCCC3)cs1. The molecule has 1 aliphatic carbocycles. The number of amides is 1. The number of hydrogen-bond donors (Lipinski definition) is 1. The molecule has 0 aliphatic heterocycles. The number of nitrogens with one attached hydrogen (secondary N) is 1. The Hall–Kier alpha value is -1.73. The Kier molecular flexibility index (Phi) is 5.77. The Morgan fingerprint density at radius 1 is 1.27 bits per heavy atom. The quantitative estimate of drug-likeness (QED) is 0.810. The highest BCUT2D eigenvalue weighted by molar-refractivity contribution is 7.92. The van der Waals surface area contributed by atoms with E-state index in [0.717, 1.165) is 24.1 Å². The van der Waals surface area contributed by atoms with Crippen molar-refractivity contribution in [1.29, 1.82) is 0 Å². The fraction of sp³-hybridized carbons (Fsp3) is 0.474. The molecule has 1 aliphatic rings. The van der Waals surface area contributed by atoms with E-state index in [1.54, 1.807) is 6.92 Å². The number of hydrogen-bond acceptors (Lipinski definition) is 5. The molecule has 3 rings (SSSR count). The first-order valence-corrected chi connectivity index (χ1v) is 11.6. The van der Waals surface area contributed by atoms with Crippen molar-refractivity contribution in [2.45, 2.75) is 51.2 Å². The molecule has 26 heavy (non-hydrogen) atoms. The Morgan fingerprint density at radius 2 is 2.00 bits per heavy atom. The fourth-order valence-electron chi connectivity index (χ4n) is 3.19. The number of anilines is 1. The van der Waals surface area contributed by atoms with E-state index in [9.17, 15) is 13.2 Å². The number of carbonyl (C=O) groups is 1. The topological polar surface area (TPSA) is 76.1 Å². The number of rotatable bonds is 6. The smallest absolute Gasteiger partial charge is 0.244 e. The normalized spacial score (nSPS) is 15.3. The third-order valence-corrected chi connectivity index (χ3v) is 7.80. The lowest BCUT2D eigenvalue weighted by atomic mass is 9.90. The number of fused-ring (bicyclic) bond motifs is 1. The molecule has 1 atom stereocenters. The van der Waals surface area contributed by atoms with E-state index >= 15 is 0 Å². The van der Waals surface area contributed by atoms with Gasteiger partial charge in [0.15, 0.2) is 15.0 Å². The number of nitrogens with zero attached hydrogens (tertiary/aromatic N) is 1. The summed E-state index contributed by atoms with van der Waals surface area (Å²) in [6, 6.07) is 6.42. The van der Waals surface area contributed by atoms with E-state index < -0.39 is 21.0 Å². The molecule has 1 amide bonds. The summed E-state index contributed by atoms with van der Waals surface area (Å²) in [4.78, 5) is 16.7. The lowest BCUT2D eigenvalue weighted by Gasteiger charge is -2.16. The number of sulfone groups is 1. The zero-order valence-electron chi connectivity index (χ0n) is 15.1. The molecule has 5 nitrogen and oxygen atoms in total. The second-order valence-corrected chi connectivity index (χ2v) is 10.0. The molecule has 0 spiro atoms. The van der Waals surface area contributed by atoms with Gasteiger partial charge in [-0.3, -0.25) is 4.79 Å². The number of carbonyl (C=O) groups excluding carboxylic acids is 1. The van der Waals surface area contributed by atoms with Crippen LogP contribution < -0.4 is 5.32 Å². The van der Waals surface area contributed by atoms with E-state index in [1.165, 1.54) is 42.2 Å². The third kappa shape index (κ3) is 4.15. The maximum Gasteiger partial charge on any atom is 0.244 e. The molecule has 1 aromatic carbocycles. The summed E-state index contributed by atoms with van der Waals surface area (Å²) in [7, 11) is -3.42. The van der Waals surface area contributed by atoms with Crippen LogP contribution in [0.25, 0.3) is 11.3 Å². The second-order valence-electron chi connectivity index (χ2n) is 6.73. The van der Waals surface area contributed by atoms with Crippen molar-refractivity contribution in [2.24, 2.45) is 0 Å². The molecule has 140 valence electrons. The van der Waals surface area contributed by atoms with E-state index in [-0.39, 0.29) is 5.75 Å². The Morgan fingerprint density at radius 3 is 2.73 bits per heavy atom. The van der Waals surface area contributed by atoms with Gasteiger partial charge in [-0.1, -0.05) is 19.1 Å². The van der Waals surface area contributed by atoms with Crippen molar-refractivity contribution >= 4 is 32.2 Å². The predicted molar refractivity (Wildman–Crippen MR) is 106 cm³/mol. The monoisotopic (exact) mass is 392 g/mol. The van der Waals surface area contributed by atoms with Gasteiger partial charge in [0.05, 0.1) is 11.4 Å². The first kappa shape index (κ1) is 19.0. The van der Waals surface area contributed by atoms with Gasteiger partial charge in [-0.15, -0.1) is 11.3 Å². The predicted octanol–water partition coefficient (Wildman–Crippen LogP) is 3.84. The molecular formula is C19H24N2O3S2. The molecule has 7 heteroatoms. The van der Waals surface area contributed by atoms with Gasteiger partial charge in [-0.05, 0) is 56.2 Å². The van der Waals surface area contributed by atoms with Gasteiger partial charge in [0.25, 0.3) is 0 Å². The van der Waals surface area contributed by atoms with Gasteiger partial charge in [0.1, 0.15) is 5.25 Å². The zero-order chi connectivity index (χ0) is 18.7. The Labute approximate surface area is 158 Å². The molecule has 0 saturated heterocycles. The number of aromatic nitrogens is 1. The summed E-state index contributed by atoms with van der Waals surface area (Å²) in [5.74, 6) is -0.510. The maximum atomic E-state index is 12.2. The van der Waals surface area contributed by atoms with Crippen molar-refractivity contribution in [1.82, 2.24) is 4.98 Å². The third-order valence-electron chi connectivity index (χ3n) is 4.78. The van der Waals surface area contributed by atoms with Crippen LogP contribution in [-0.4, -0.2) is 30.3 Å². The molecule has 1 unspecified atom stereocenters. The van der Waals surface area contributed by atoms with Gasteiger partial charge in [0, 0.05) is 10.9 Å². The standard InChI is InChI=1S/C19H24N2O3S2/c1-3-10-26(23,24)13(2)18(22)21-19-20-17(12-25-19)16-9-8-14-6-4-5-7-15(14)11-16/h8-9,11-13H,3-7,10H2,1-2H3,(H,20,21,22). The van der Waals surface area contributed by atoms with E-state index in [0.29, 0.717) is 11.6 Å². The Balaban J connectivity index is 1.73. The second kappa shape index (κ2) is 7.88. The fourth-order valence-corrected chi connectivity index (χ4v) is 5.22. The Bertz CT molecular complexity index is 903. The first-order valence-electron chi connectivity index (χ1n) is 9.01. The minimum Gasteiger partial charge on any atom is -0.301 e. The zero-order valence-corrected chi connectivity index (χ0v) is 16.8. The van der Waals surface area contributed by atoms with E-state index in [2.05, 4.69) is 28.5 Å². The highest BCUT2D eigenvalue weighted by Crippen LogP contribution is 2.29. The van der Waals surface area contributed by atoms with E-state index in [4.69, 9.17) is 0 Å². The molecule has 1 aromatic heterocycles. The van der Waals surface area contributed by atoms with Crippen LogP contribution in [-0.2, 0) is 27.5 Å². The summed E-state index contributed by atoms with van der Waals surface area (Å²) in [6.07, 6.45) is 5.21. The van der Waals surface area contributed by atoms with Gasteiger partial charge in [-0.2, -0.15) is 0 Å². The summed E-state index contributed by atoms with van der Waals surface area (Å²) in [5.41, 5.74) is 4.64. The highest BCUT2D eigenvalue weighted by Gasteiger charge is 2.27. The molecule has 0 saturated carbocycles. The molecule has 0 radical (unpaired) electrons. The molecular weight excluding hydrogens is 368 g/mol. The van der Waals surface area contributed by atoms with Crippen molar-refractivity contribution in [3.05, 3.63) is 34.7 Å². The summed E-state index contributed by atoms with van der Waals surface area (Å²) >= 11 is 1.31. The van der Waals surface area contributed by atoms with Crippen molar-refractivity contribution < 1.29 is 13.2 Å². The molecule has 2 aromatic rings.